The number of carbonyl (C=O) groups excluding carboxylic acids is 1. The molecule has 0 amide bonds. The Bertz CT molecular complexity index is 547. The minimum Gasteiger partial charge on any atom is -0.465 e. The van der Waals surface area contributed by atoms with Gasteiger partial charge in [-0.25, -0.2) is 4.79 Å². The van der Waals surface area contributed by atoms with Gasteiger partial charge in [0.05, 0.1) is 7.11 Å². The second-order valence-corrected chi connectivity index (χ2v) is 3.91. The van der Waals surface area contributed by atoms with Crippen molar-refractivity contribution in [3.8, 4) is 11.5 Å². The van der Waals surface area contributed by atoms with Crippen LogP contribution in [0.2, 0.25) is 0 Å². The molecule has 0 aliphatic carbocycles. The zero-order valence-corrected chi connectivity index (χ0v) is 10.3. The fourth-order valence-electron chi connectivity index (χ4n) is 1.62. The molecule has 0 radical (unpaired) electrons. The van der Waals surface area contributed by atoms with Crippen LogP contribution in [0.15, 0.2) is 48.5 Å². The molecule has 0 heterocycles. The summed E-state index contributed by atoms with van der Waals surface area (Å²) in [5.41, 5.74) is 1.41. The van der Waals surface area contributed by atoms with Gasteiger partial charge in [-0.2, -0.15) is 0 Å². The second-order valence-electron chi connectivity index (χ2n) is 3.91. The van der Waals surface area contributed by atoms with Gasteiger partial charge in [-0.1, -0.05) is 29.8 Å². The quantitative estimate of drug-likeness (QED) is 0.772. The molecule has 3 nitrogen and oxygen atoms in total. The van der Waals surface area contributed by atoms with Crippen molar-refractivity contribution >= 4 is 5.97 Å². The largest absolute Gasteiger partial charge is 0.465 e. The van der Waals surface area contributed by atoms with Crippen LogP contribution in [0.25, 0.3) is 0 Å². The second kappa shape index (κ2) is 5.36. The maximum Gasteiger partial charge on any atom is 0.341 e. The lowest BCUT2D eigenvalue weighted by atomic mass is 10.1. The Labute approximate surface area is 106 Å². The van der Waals surface area contributed by atoms with Gasteiger partial charge in [-0.15, -0.1) is 0 Å². The van der Waals surface area contributed by atoms with Gasteiger partial charge in [0.2, 0.25) is 0 Å². The monoisotopic (exact) mass is 242 g/mol. The van der Waals surface area contributed by atoms with Crippen LogP contribution in [0, 0.1) is 6.92 Å². The van der Waals surface area contributed by atoms with E-state index in [-0.39, 0.29) is 0 Å². The Balaban J connectivity index is 2.35. The summed E-state index contributed by atoms with van der Waals surface area (Å²) >= 11 is 0. The number of methoxy groups -OCH3 is 1. The summed E-state index contributed by atoms with van der Waals surface area (Å²) in [4.78, 5) is 11.7. The van der Waals surface area contributed by atoms with E-state index in [1.54, 1.807) is 12.1 Å². The molecular formula is C15H14O3. The molecule has 0 aliphatic rings. The van der Waals surface area contributed by atoms with E-state index in [4.69, 9.17) is 9.47 Å². The van der Waals surface area contributed by atoms with Gasteiger partial charge in [0.25, 0.3) is 0 Å². The van der Waals surface area contributed by atoms with Crippen molar-refractivity contribution in [3.05, 3.63) is 59.7 Å². The van der Waals surface area contributed by atoms with Gasteiger partial charge in [0, 0.05) is 0 Å². The third-order valence-electron chi connectivity index (χ3n) is 2.51. The van der Waals surface area contributed by atoms with E-state index in [0.717, 1.165) is 5.56 Å². The van der Waals surface area contributed by atoms with E-state index >= 15 is 0 Å². The van der Waals surface area contributed by atoms with Gasteiger partial charge in [0.15, 0.2) is 0 Å². The molecule has 3 heteroatoms. The molecule has 0 atom stereocenters. The summed E-state index contributed by atoms with van der Waals surface area (Å²) < 4.78 is 10.4. The van der Waals surface area contributed by atoms with Crippen LogP contribution in [0.3, 0.4) is 0 Å². The number of carbonyl (C=O) groups is 1. The van der Waals surface area contributed by atoms with Crippen LogP contribution in [0.4, 0.5) is 0 Å². The van der Waals surface area contributed by atoms with Crippen LogP contribution in [-0.2, 0) is 4.74 Å². The number of hydrogen-bond acceptors (Lipinski definition) is 3. The summed E-state index contributed by atoms with van der Waals surface area (Å²) in [5, 5.41) is 0. The van der Waals surface area contributed by atoms with Crippen molar-refractivity contribution in [2.45, 2.75) is 6.92 Å². The molecule has 0 fully saturated rings. The van der Waals surface area contributed by atoms with Crippen molar-refractivity contribution < 1.29 is 14.3 Å². The summed E-state index contributed by atoms with van der Waals surface area (Å²) in [5.74, 6) is 0.787. The number of esters is 1. The molecule has 0 saturated carbocycles. The Kier molecular flexibility index (Phi) is 3.63. The number of ether oxygens (including phenoxy) is 2. The molecule has 0 N–H and O–H groups in total. The zero-order chi connectivity index (χ0) is 13.0. The van der Waals surface area contributed by atoms with E-state index in [1.165, 1.54) is 7.11 Å². The van der Waals surface area contributed by atoms with Gasteiger partial charge in [0.1, 0.15) is 17.1 Å². The molecule has 92 valence electrons. The molecule has 0 unspecified atom stereocenters. The first-order valence-corrected chi connectivity index (χ1v) is 5.62. The predicted molar refractivity (Wildman–Crippen MR) is 69.0 cm³/mol. The Hall–Kier alpha value is -2.29. The van der Waals surface area contributed by atoms with E-state index in [1.807, 2.05) is 43.3 Å². The summed E-state index contributed by atoms with van der Waals surface area (Å²) in [7, 11) is 1.36. The number of rotatable bonds is 3. The minimum atomic E-state index is -0.398. The zero-order valence-electron chi connectivity index (χ0n) is 10.3. The standard InChI is InChI=1S/C15H14O3/c1-11-8-9-14(13(10-11)15(16)17-2)18-12-6-4-3-5-7-12/h3-10H,1-2H3. The summed E-state index contributed by atoms with van der Waals surface area (Å²) in [6.45, 7) is 1.92. The molecule has 0 bridgehead atoms. The predicted octanol–water partition coefficient (Wildman–Crippen LogP) is 3.57. The lowest BCUT2D eigenvalue weighted by Gasteiger charge is -2.10. The molecular weight excluding hydrogens is 228 g/mol. The number of hydrogen-bond donors (Lipinski definition) is 0. The SMILES string of the molecule is COC(=O)c1cc(C)ccc1Oc1ccccc1. The molecule has 0 saturated heterocycles. The van der Waals surface area contributed by atoms with Crippen LogP contribution < -0.4 is 4.74 Å². The van der Waals surface area contributed by atoms with Gasteiger partial charge < -0.3 is 9.47 Å². The smallest absolute Gasteiger partial charge is 0.341 e. The van der Waals surface area contributed by atoms with E-state index in [9.17, 15) is 4.79 Å². The molecule has 2 aromatic carbocycles. The molecule has 0 aromatic heterocycles. The lowest BCUT2D eigenvalue weighted by Crippen LogP contribution is -2.04. The fraction of sp³-hybridized carbons (Fsp3) is 0.133. The molecule has 0 aliphatic heterocycles. The Morgan fingerprint density at radius 2 is 1.78 bits per heavy atom. The molecule has 2 aromatic rings. The van der Waals surface area contributed by atoms with Crippen molar-refractivity contribution in [2.24, 2.45) is 0 Å². The first kappa shape index (κ1) is 12.2. The normalized spacial score (nSPS) is 9.89. The Morgan fingerprint density at radius 1 is 1.06 bits per heavy atom. The van der Waals surface area contributed by atoms with Gasteiger partial charge in [-0.3, -0.25) is 0 Å². The highest BCUT2D eigenvalue weighted by Crippen LogP contribution is 2.26. The maximum absolute atomic E-state index is 11.7. The topological polar surface area (TPSA) is 35.5 Å². The van der Waals surface area contributed by atoms with Crippen molar-refractivity contribution in [3.63, 3.8) is 0 Å². The average molecular weight is 242 g/mol. The summed E-state index contributed by atoms with van der Waals surface area (Å²) in [6.07, 6.45) is 0. The van der Waals surface area contributed by atoms with Gasteiger partial charge in [-0.05, 0) is 31.2 Å². The number of aryl methyl sites for hydroxylation is 1. The number of benzene rings is 2. The highest BCUT2D eigenvalue weighted by atomic mass is 16.5. The fourth-order valence-corrected chi connectivity index (χ4v) is 1.62. The highest BCUT2D eigenvalue weighted by molar-refractivity contribution is 5.92. The van der Waals surface area contributed by atoms with Crippen LogP contribution in [0.5, 0.6) is 11.5 Å². The molecule has 18 heavy (non-hydrogen) atoms. The van der Waals surface area contributed by atoms with E-state index in [2.05, 4.69) is 0 Å². The summed E-state index contributed by atoms with van der Waals surface area (Å²) in [6, 6.07) is 14.7. The van der Waals surface area contributed by atoms with Crippen molar-refractivity contribution in [1.82, 2.24) is 0 Å². The Morgan fingerprint density at radius 3 is 2.44 bits per heavy atom. The van der Waals surface area contributed by atoms with Crippen LogP contribution in [0.1, 0.15) is 15.9 Å². The molecule has 0 spiro atoms. The molecule has 2 rings (SSSR count). The third-order valence-corrected chi connectivity index (χ3v) is 2.51. The van der Waals surface area contributed by atoms with Crippen molar-refractivity contribution in [2.75, 3.05) is 7.11 Å². The first-order chi connectivity index (χ1) is 8.70. The van der Waals surface area contributed by atoms with Crippen LogP contribution >= 0.6 is 0 Å². The minimum absolute atomic E-state index is 0.398. The number of para-hydroxylation sites is 1. The highest BCUT2D eigenvalue weighted by Gasteiger charge is 2.13. The van der Waals surface area contributed by atoms with E-state index in [0.29, 0.717) is 17.1 Å². The first-order valence-electron chi connectivity index (χ1n) is 5.62. The lowest BCUT2D eigenvalue weighted by molar-refractivity contribution is 0.0598. The third kappa shape index (κ3) is 2.69. The van der Waals surface area contributed by atoms with Crippen molar-refractivity contribution in [1.29, 1.82) is 0 Å². The van der Waals surface area contributed by atoms with E-state index < -0.39 is 5.97 Å². The van der Waals surface area contributed by atoms with Gasteiger partial charge >= 0.3 is 5.97 Å². The van der Waals surface area contributed by atoms with Crippen LogP contribution in [-0.4, -0.2) is 13.1 Å². The maximum atomic E-state index is 11.7. The average Bonchev–Trinajstić information content (AvgIpc) is 2.41.